The van der Waals surface area contributed by atoms with Gasteiger partial charge >= 0.3 is 5.97 Å². The van der Waals surface area contributed by atoms with E-state index in [2.05, 4.69) is 15.6 Å². The van der Waals surface area contributed by atoms with Gasteiger partial charge in [0.05, 0.1) is 17.5 Å². The van der Waals surface area contributed by atoms with Gasteiger partial charge < -0.3 is 30.2 Å². The summed E-state index contributed by atoms with van der Waals surface area (Å²) < 4.78 is 5.81. The molecule has 12 heteroatoms. The van der Waals surface area contributed by atoms with Gasteiger partial charge in [0.2, 0.25) is 11.8 Å². The SMILES string of the molecule is CC(C)C(NC(=O)C1=CCC(CSc2ccccn2)O1)C(=O)N1CCCC1C(=O)NC(C=O)CC(=O)O. The molecule has 200 valence electrons. The third kappa shape index (κ3) is 7.78. The van der Waals surface area contributed by atoms with E-state index >= 15 is 0 Å². The molecule has 0 aliphatic carbocycles. The summed E-state index contributed by atoms with van der Waals surface area (Å²) in [4.78, 5) is 66.8. The Balaban J connectivity index is 1.57. The van der Waals surface area contributed by atoms with Crippen LogP contribution in [0, 0.1) is 5.92 Å². The molecule has 2 aliphatic rings. The molecule has 0 bridgehead atoms. The number of ether oxygens (including phenoxy) is 1. The van der Waals surface area contributed by atoms with E-state index in [-0.39, 0.29) is 17.8 Å². The quantitative estimate of drug-likeness (QED) is 0.265. The van der Waals surface area contributed by atoms with Gasteiger partial charge in [-0.3, -0.25) is 19.2 Å². The van der Waals surface area contributed by atoms with Gasteiger partial charge in [0.25, 0.3) is 5.91 Å². The maximum atomic E-state index is 13.4. The Morgan fingerprint density at radius 1 is 1.27 bits per heavy atom. The molecule has 1 aromatic heterocycles. The highest BCUT2D eigenvalue weighted by atomic mass is 32.2. The number of thioether (sulfide) groups is 1. The number of aliphatic carboxylic acids is 1. The number of carboxylic acids is 1. The zero-order chi connectivity index (χ0) is 26.9. The van der Waals surface area contributed by atoms with Crippen LogP contribution in [0.3, 0.4) is 0 Å². The molecule has 1 saturated heterocycles. The van der Waals surface area contributed by atoms with Gasteiger partial charge in [-0.05, 0) is 37.0 Å². The van der Waals surface area contributed by atoms with E-state index in [0.29, 0.717) is 37.8 Å². The fourth-order valence-corrected chi connectivity index (χ4v) is 5.05. The number of rotatable bonds is 12. The van der Waals surface area contributed by atoms with E-state index in [4.69, 9.17) is 9.84 Å². The molecular weight excluding hydrogens is 500 g/mol. The molecule has 1 fully saturated rings. The lowest BCUT2D eigenvalue weighted by Gasteiger charge is -2.31. The Bertz CT molecular complexity index is 1030. The maximum absolute atomic E-state index is 13.4. The highest BCUT2D eigenvalue weighted by Crippen LogP contribution is 2.25. The minimum atomic E-state index is -1.22. The van der Waals surface area contributed by atoms with Crippen LogP contribution in [0.25, 0.3) is 0 Å². The van der Waals surface area contributed by atoms with Gasteiger partial charge in [0, 0.05) is 24.9 Å². The van der Waals surface area contributed by atoms with Crippen LogP contribution in [0.15, 0.2) is 41.3 Å². The van der Waals surface area contributed by atoms with Crippen molar-refractivity contribution in [1.29, 1.82) is 0 Å². The van der Waals surface area contributed by atoms with Crippen molar-refractivity contribution >= 4 is 41.7 Å². The Kier molecular flexibility index (Phi) is 10.1. The molecule has 4 atom stereocenters. The lowest BCUT2D eigenvalue weighted by Crippen LogP contribution is -2.56. The van der Waals surface area contributed by atoms with Crippen LogP contribution in [-0.2, 0) is 28.7 Å². The number of aromatic nitrogens is 1. The second-order valence-corrected chi connectivity index (χ2v) is 10.3. The molecule has 0 aromatic carbocycles. The summed E-state index contributed by atoms with van der Waals surface area (Å²) in [5.41, 5.74) is 0. The summed E-state index contributed by atoms with van der Waals surface area (Å²) in [6.45, 7) is 3.89. The summed E-state index contributed by atoms with van der Waals surface area (Å²) in [7, 11) is 0. The molecule has 4 unspecified atom stereocenters. The summed E-state index contributed by atoms with van der Waals surface area (Å²) >= 11 is 1.53. The third-order valence-corrected chi connectivity index (χ3v) is 7.16. The molecule has 11 nitrogen and oxygen atoms in total. The number of amides is 3. The van der Waals surface area contributed by atoms with Crippen molar-refractivity contribution in [2.24, 2.45) is 5.92 Å². The van der Waals surface area contributed by atoms with Gasteiger partial charge in [0.15, 0.2) is 5.76 Å². The van der Waals surface area contributed by atoms with Crippen molar-refractivity contribution in [2.45, 2.75) is 68.8 Å². The Labute approximate surface area is 219 Å². The predicted molar refractivity (Wildman–Crippen MR) is 134 cm³/mol. The summed E-state index contributed by atoms with van der Waals surface area (Å²) in [6.07, 6.45) is 4.54. The molecule has 0 spiro atoms. The van der Waals surface area contributed by atoms with E-state index in [1.807, 2.05) is 18.2 Å². The molecule has 0 saturated carbocycles. The number of likely N-dealkylation sites (tertiary alicyclic amines) is 1. The second-order valence-electron chi connectivity index (χ2n) is 9.26. The molecule has 3 amide bonds. The van der Waals surface area contributed by atoms with Crippen molar-refractivity contribution in [3.63, 3.8) is 0 Å². The van der Waals surface area contributed by atoms with Crippen LogP contribution in [0.2, 0.25) is 0 Å². The van der Waals surface area contributed by atoms with E-state index in [0.717, 1.165) is 5.03 Å². The number of hydrogen-bond donors (Lipinski definition) is 3. The zero-order valence-corrected chi connectivity index (χ0v) is 21.6. The molecule has 3 heterocycles. The normalized spacial score (nSPS) is 20.5. The van der Waals surface area contributed by atoms with Gasteiger partial charge in [-0.2, -0.15) is 0 Å². The first kappa shape index (κ1) is 28.2. The number of carboxylic acid groups (broad SMARTS) is 1. The van der Waals surface area contributed by atoms with E-state index < -0.39 is 48.2 Å². The fourth-order valence-electron chi connectivity index (χ4n) is 4.18. The Morgan fingerprint density at radius 3 is 2.70 bits per heavy atom. The third-order valence-electron chi connectivity index (χ3n) is 6.08. The second kappa shape index (κ2) is 13.2. The highest BCUT2D eigenvalue weighted by molar-refractivity contribution is 7.99. The van der Waals surface area contributed by atoms with Crippen molar-refractivity contribution in [1.82, 2.24) is 20.5 Å². The smallest absolute Gasteiger partial charge is 0.305 e. The van der Waals surface area contributed by atoms with Crippen LogP contribution in [0.5, 0.6) is 0 Å². The van der Waals surface area contributed by atoms with Crippen LogP contribution < -0.4 is 10.6 Å². The number of nitrogens with zero attached hydrogens (tertiary/aromatic N) is 2. The first-order chi connectivity index (χ1) is 17.7. The first-order valence-electron chi connectivity index (χ1n) is 12.2. The van der Waals surface area contributed by atoms with Gasteiger partial charge in [-0.25, -0.2) is 4.98 Å². The molecule has 1 aromatic rings. The maximum Gasteiger partial charge on any atom is 0.305 e. The topological polar surface area (TPSA) is 155 Å². The van der Waals surface area contributed by atoms with Gasteiger partial charge in [-0.15, -0.1) is 11.8 Å². The van der Waals surface area contributed by atoms with Crippen LogP contribution >= 0.6 is 11.8 Å². The van der Waals surface area contributed by atoms with Crippen LogP contribution in [0.1, 0.15) is 39.5 Å². The summed E-state index contributed by atoms with van der Waals surface area (Å²) in [6, 6.07) is 2.71. The summed E-state index contributed by atoms with van der Waals surface area (Å²) in [5, 5.41) is 14.9. The molecular formula is C25H32N4O7S. The average Bonchev–Trinajstić information content (AvgIpc) is 3.55. The Hall–Kier alpha value is -3.41. The fraction of sp³-hybridized carbons (Fsp3) is 0.520. The number of carbonyl (C=O) groups is 5. The van der Waals surface area contributed by atoms with Crippen molar-refractivity contribution in [2.75, 3.05) is 12.3 Å². The first-order valence-corrected chi connectivity index (χ1v) is 13.2. The standard InChI is InChI=1S/C25H32N4O7S/c1-15(2)22(25(35)29-11-5-6-18(29)23(33)27-16(13-30)12-21(31)32)28-24(34)19-9-8-17(36-19)14-37-20-7-3-4-10-26-20/h3-4,7,9-10,13,15-18,22H,5-6,8,11-12,14H2,1-2H3,(H,27,33)(H,28,34)(H,31,32). The number of carbonyl (C=O) groups excluding carboxylic acids is 4. The van der Waals surface area contributed by atoms with Gasteiger partial charge in [-0.1, -0.05) is 19.9 Å². The zero-order valence-electron chi connectivity index (χ0n) is 20.8. The molecule has 3 N–H and O–H groups in total. The predicted octanol–water partition coefficient (Wildman–Crippen LogP) is 1.14. The number of hydrogen-bond acceptors (Lipinski definition) is 8. The highest BCUT2D eigenvalue weighted by Gasteiger charge is 2.40. The number of nitrogens with one attached hydrogen (secondary N) is 2. The molecule has 0 radical (unpaired) electrons. The lowest BCUT2D eigenvalue weighted by atomic mass is 10.0. The summed E-state index contributed by atoms with van der Waals surface area (Å²) in [5.74, 6) is -2.22. The van der Waals surface area contributed by atoms with Crippen molar-refractivity contribution in [3.05, 3.63) is 36.2 Å². The Morgan fingerprint density at radius 2 is 2.05 bits per heavy atom. The molecule has 3 rings (SSSR count). The van der Waals surface area contributed by atoms with E-state index in [1.165, 1.54) is 16.7 Å². The largest absolute Gasteiger partial charge is 0.484 e. The van der Waals surface area contributed by atoms with Crippen molar-refractivity contribution in [3.8, 4) is 0 Å². The minimum absolute atomic E-state index is 0.156. The monoisotopic (exact) mass is 532 g/mol. The molecule has 37 heavy (non-hydrogen) atoms. The van der Waals surface area contributed by atoms with Crippen molar-refractivity contribution < 1.29 is 33.8 Å². The molecule has 2 aliphatic heterocycles. The number of pyridine rings is 1. The van der Waals surface area contributed by atoms with E-state index in [1.54, 1.807) is 26.1 Å². The average molecular weight is 533 g/mol. The lowest BCUT2D eigenvalue weighted by molar-refractivity contribution is -0.143. The van der Waals surface area contributed by atoms with Crippen LogP contribution in [-0.4, -0.2) is 81.5 Å². The van der Waals surface area contributed by atoms with Gasteiger partial charge in [0.1, 0.15) is 24.5 Å². The minimum Gasteiger partial charge on any atom is -0.484 e. The van der Waals surface area contributed by atoms with E-state index in [9.17, 15) is 24.0 Å². The number of aldehydes is 1. The van der Waals surface area contributed by atoms with Crippen LogP contribution in [0.4, 0.5) is 0 Å².